The Labute approximate surface area is 114 Å². The fraction of sp³-hybridized carbons (Fsp3) is 0.231. The minimum atomic E-state index is -0.817. The number of rotatable bonds is 5. The Morgan fingerprint density at radius 2 is 2.11 bits per heavy atom. The zero-order valence-corrected chi connectivity index (χ0v) is 10.8. The number of aliphatic hydroxyl groups excluding tert-OH is 1. The monoisotopic (exact) mass is 280 g/mol. The van der Waals surface area contributed by atoms with Crippen LogP contribution in [0.2, 0.25) is 0 Å². The van der Waals surface area contributed by atoms with Crippen molar-refractivity contribution < 1.29 is 9.63 Å². The van der Waals surface area contributed by atoms with Crippen molar-refractivity contribution in [3.63, 3.8) is 0 Å². The Balaban J connectivity index is 2.21. The first kappa shape index (κ1) is 13.6. The van der Waals surface area contributed by atoms with Crippen molar-refractivity contribution in [1.29, 1.82) is 0 Å². The van der Waals surface area contributed by atoms with Gasteiger partial charge in [0.05, 0.1) is 18.5 Å². The van der Waals surface area contributed by atoms with Crippen LogP contribution in [0.4, 0.5) is 0 Å². The minimum absolute atomic E-state index is 0.0411. The molecule has 0 saturated carbocycles. The second-order valence-electron chi connectivity index (χ2n) is 3.97. The predicted octanol–water partition coefficient (Wildman–Crippen LogP) is 1.61. The highest BCUT2D eigenvalue weighted by Gasteiger charge is 2.12. The maximum absolute atomic E-state index is 11.4. The van der Waals surface area contributed by atoms with Crippen LogP contribution >= 0.6 is 11.6 Å². The van der Waals surface area contributed by atoms with Crippen LogP contribution in [0, 0.1) is 0 Å². The SMILES string of the molecule is O=c1onc(C=Cc2ccccc2)n1CC(O)CCl. The molecule has 1 heterocycles. The molecule has 1 aromatic carbocycles. The van der Waals surface area contributed by atoms with Crippen molar-refractivity contribution in [3.8, 4) is 0 Å². The zero-order valence-electron chi connectivity index (χ0n) is 10.1. The molecule has 0 saturated heterocycles. The maximum atomic E-state index is 11.4. The fourth-order valence-electron chi connectivity index (χ4n) is 1.56. The lowest BCUT2D eigenvalue weighted by Crippen LogP contribution is -2.25. The summed E-state index contributed by atoms with van der Waals surface area (Å²) < 4.78 is 5.82. The molecule has 6 heteroatoms. The Bertz CT molecular complexity index is 604. The second-order valence-corrected chi connectivity index (χ2v) is 4.28. The van der Waals surface area contributed by atoms with E-state index in [4.69, 9.17) is 11.6 Å². The van der Waals surface area contributed by atoms with E-state index < -0.39 is 11.9 Å². The number of aliphatic hydroxyl groups is 1. The van der Waals surface area contributed by atoms with E-state index in [0.717, 1.165) is 5.56 Å². The summed E-state index contributed by atoms with van der Waals surface area (Å²) in [4.78, 5) is 11.4. The van der Waals surface area contributed by atoms with E-state index in [-0.39, 0.29) is 12.4 Å². The van der Waals surface area contributed by atoms with Gasteiger partial charge in [0.25, 0.3) is 0 Å². The normalized spacial score (nSPS) is 12.9. The molecule has 1 unspecified atom stereocenters. The Morgan fingerprint density at radius 3 is 2.79 bits per heavy atom. The van der Waals surface area contributed by atoms with Gasteiger partial charge in [-0.2, -0.15) is 0 Å². The quantitative estimate of drug-likeness (QED) is 0.845. The Morgan fingerprint density at radius 1 is 1.37 bits per heavy atom. The molecule has 100 valence electrons. The lowest BCUT2D eigenvalue weighted by atomic mass is 10.2. The molecule has 0 aliphatic carbocycles. The second kappa shape index (κ2) is 6.36. The van der Waals surface area contributed by atoms with Crippen molar-refractivity contribution >= 4 is 23.8 Å². The number of aromatic nitrogens is 2. The van der Waals surface area contributed by atoms with E-state index in [2.05, 4.69) is 9.68 Å². The predicted molar refractivity (Wildman–Crippen MR) is 72.9 cm³/mol. The highest BCUT2D eigenvalue weighted by Crippen LogP contribution is 2.06. The van der Waals surface area contributed by atoms with Crippen molar-refractivity contribution in [3.05, 3.63) is 52.3 Å². The third kappa shape index (κ3) is 3.56. The van der Waals surface area contributed by atoms with Crippen LogP contribution in [-0.4, -0.2) is 26.8 Å². The van der Waals surface area contributed by atoms with Crippen LogP contribution in [0.25, 0.3) is 12.2 Å². The topological polar surface area (TPSA) is 68.3 Å². The smallest absolute Gasteiger partial charge is 0.390 e. The summed E-state index contributed by atoms with van der Waals surface area (Å²) >= 11 is 5.51. The number of nitrogens with zero attached hydrogens (tertiary/aromatic N) is 2. The van der Waals surface area contributed by atoms with Gasteiger partial charge in [0, 0.05) is 0 Å². The van der Waals surface area contributed by atoms with Crippen LogP contribution in [0.1, 0.15) is 11.4 Å². The molecule has 2 aromatic rings. The van der Waals surface area contributed by atoms with Gasteiger partial charge in [-0.1, -0.05) is 41.6 Å². The summed E-state index contributed by atoms with van der Waals surface area (Å²) in [6.07, 6.45) is 2.64. The number of hydrogen-bond acceptors (Lipinski definition) is 4. The molecule has 1 atom stereocenters. The summed E-state index contributed by atoms with van der Waals surface area (Å²) in [6, 6.07) is 9.58. The van der Waals surface area contributed by atoms with Crippen LogP contribution in [0.15, 0.2) is 39.6 Å². The van der Waals surface area contributed by atoms with Gasteiger partial charge in [-0.05, 0) is 11.6 Å². The van der Waals surface area contributed by atoms with E-state index in [1.807, 2.05) is 30.3 Å². The van der Waals surface area contributed by atoms with Crippen molar-refractivity contribution in [2.75, 3.05) is 5.88 Å². The first-order valence-corrected chi connectivity index (χ1v) is 6.28. The summed E-state index contributed by atoms with van der Waals surface area (Å²) in [7, 11) is 0. The average molecular weight is 281 g/mol. The first-order chi connectivity index (χ1) is 9.20. The Kier molecular flexibility index (Phi) is 4.54. The van der Waals surface area contributed by atoms with E-state index in [0.29, 0.717) is 5.82 Å². The van der Waals surface area contributed by atoms with E-state index >= 15 is 0 Å². The molecule has 19 heavy (non-hydrogen) atoms. The first-order valence-electron chi connectivity index (χ1n) is 5.74. The van der Waals surface area contributed by atoms with Gasteiger partial charge in [-0.3, -0.25) is 9.09 Å². The zero-order chi connectivity index (χ0) is 13.7. The molecule has 0 amide bonds. The fourth-order valence-corrected chi connectivity index (χ4v) is 1.66. The van der Waals surface area contributed by atoms with Gasteiger partial charge in [-0.25, -0.2) is 4.79 Å². The van der Waals surface area contributed by atoms with Gasteiger partial charge >= 0.3 is 5.76 Å². The molecule has 0 aliphatic rings. The highest BCUT2D eigenvalue weighted by atomic mass is 35.5. The van der Waals surface area contributed by atoms with Crippen molar-refractivity contribution in [2.24, 2.45) is 0 Å². The molecule has 0 radical (unpaired) electrons. The van der Waals surface area contributed by atoms with Crippen LogP contribution < -0.4 is 5.76 Å². The molecule has 0 spiro atoms. The van der Waals surface area contributed by atoms with E-state index in [9.17, 15) is 9.90 Å². The van der Waals surface area contributed by atoms with Gasteiger partial charge < -0.3 is 5.11 Å². The Hall–Kier alpha value is -1.85. The summed E-state index contributed by atoms with van der Waals surface area (Å²) in [5.41, 5.74) is 0.974. The molecule has 2 rings (SSSR count). The number of halogens is 1. The lowest BCUT2D eigenvalue weighted by molar-refractivity contribution is 0.173. The lowest BCUT2D eigenvalue weighted by Gasteiger charge is -2.06. The van der Waals surface area contributed by atoms with Crippen LogP contribution in [0.5, 0.6) is 0 Å². The van der Waals surface area contributed by atoms with Gasteiger partial charge in [-0.15, -0.1) is 11.6 Å². The molecule has 0 aliphatic heterocycles. The molecule has 0 fully saturated rings. The molecule has 5 nitrogen and oxygen atoms in total. The minimum Gasteiger partial charge on any atom is -0.390 e. The molecular weight excluding hydrogens is 268 g/mol. The van der Waals surface area contributed by atoms with Crippen LogP contribution in [0.3, 0.4) is 0 Å². The van der Waals surface area contributed by atoms with Crippen molar-refractivity contribution in [1.82, 2.24) is 9.72 Å². The van der Waals surface area contributed by atoms with Crippen LogP contribution in [-0.2, 0) is 6.54 Å². The van der Waals surface area contributed by atoms with Gasteiger partial charge in [0.15, 0.2) is 5.82 Å². The maximum Gasteiger partial charge on any atom is 0.441 e. The standard InChI is InChI=1S/C13H13ClN2O3/c14-8-11(17)9-16-12(15-19-13(16)18)7-6-10-4-2-1-3-5-10/h1-7,11,17H,8-9H2. The number of alkyl halides is 1. The number of hydrogen-bond donors (Lipinski definition) is 1. The molecular formula is C13H13ClN2O3. The number of benzene rings is 1. The van der Waals surface area contributed by atoms with E-state index in [1.54, 1.807) is 12.2 Å². The molecule has 0 bridgehead atoms. The molecule has 1 aromatic heterocycles. The highest BCUT2D eigenvalue weighted by molar-refractivity contribution is 6.18. The average Bonchev–Trinajstić information content (AvgIpc) is 2.78. The third-order valence-corrected chi connectivity index (χ3v) is 2.87. The third-order valence-electron chi connectivity index (χ3n) is 2.51. The van der Waals surface area contributed by atoms with Gasteiger partial charge in [0.2, 0.25) is 0 Å². The summed E-state index contributed by atoms with van der Waals surface area (Å²) in [5, 5.41) is 13.1. The van der Waals surface area contributed by atoms with Gasteiger partial charge in [0.1, 0.15) is 0 Å². The molecule has 1 N–H and O–H groups in total. The van der Waals surface area contributed by atoms with Crippen molar-refractivity contribution in [2.45, 2.75) is 12.6 Å². The summed E-state index contributed by atoms with van der Waals surface area (Å²) in [5.74, 6) is -0.227. The summed E-state index contributed by atoms with van der Waals surface area (Å²) in [6.45, 7) is 0.0558. The largest absolute Gasteiger partial charge is 0.441 e. The van der Waals surface area contributed by atoms with E-state index in [1.165, 1.54) is 4.57 Å².